The maximum Gasteiger partial charge on any atom is 0.343 e. The second kappa shape index (κ2) is 11.8. The first-order valence-corrected chi connectivity index (χ1v) is 12.6. The monoisotopic (exact) mass is 553 g/mol. The minimum absolute atomic E-state index is 0.280. The van der Waals surface area contributed by atoms with Gasteiger partial charge in [-0.2, -0.15) is 5.10 Å². The van der Waals surface area contributed by atoms with Gasteiger partial charge in [0.25, 0.3) is 5.91 Å². The summed E-state index contributed by atoms with van der Waals surface area (Å²) in [6.07, 6.45) is 1.41. The first-order chi connectivity index (χ1) is 19.5. The van der Waals surface area contributed by atoms with E-state index in [2.05, 4.69) is 15.5 Å². The number of carbonyl (C=O) groups excluding carboxylic acids is 2. The summed E-state index contributed by atoms with van der Waals surface area (Å²) in [6.45, 7) is 0. The Bertz CT molecular complexity index is 1740. The Morgan fingerprint density at radius 1 is 0.875 bits per heavy atom. The van der Waals surface area contributed by atoms with Gasteiger partial charge in [0.1, 0.15) is 22.9 Å². The molecule has 2 N–H and O–H groups in total. The molecule has 0 atom stereocenters. The number of aromatic nitrogens is 1. The molecular formula is C31H24ClN3O5. The van der Waals surface area contributed by atoms with Crippen LogP contribution in [-0.4, -0.2) is 37.3 Å². The van der Waals surface area contributed by atoms with Crippen molar-refractivity contribution in [3.63, 3.8) is 0 Å². The van der Waals surface area contributed by atoms with Crippen LogP contribution in [0.4, 0.5) is 0 Å². The van der Waals surface area contributed by atoms with E-state index in [0.717, 1.165) is 10.9 Å². The van der Waals surface area contributed by atoms with Gasteiger partial charge in [0.05, 0.1) is 26.0 Å². The average Bonchev–Trinajstić information content (AvgIpc) is 3.37. The number of ether oxygens (including phenoxy) is 3. The molecule has 0 fully saturated rings. The molecule has 1 aromatic heterocycles. The number of hydrogen-bond donors (Lipinski definition) is 2. The van der Waals surface area contributed by atoms with Crippen LogP contribution < -0.4 is 19.6 Å². The number of hydrogen-bond acceptors (Lipinski definition) is 6. The fourth-order valence-electron chi connectivity index (χ4n) is 4.22. The number of nitrogens with zero attached hydrogens (tertiary/aromatic N) is 1. The minimum Gasteiger partial charge on any atom is -0.497 e. The van der Waals surface area contributed by atoms with Gasteiger partial charge in [0.15, 0.2) is 0 Å². The standard InChI is InChI=1S/C31H24ClN3O5/c1-38-21-10-7-9-19(16-21)31(37)40-27-13-6-3-8-20(27)18-33-35-30(36)29-28(23-11-4-5-12-25(23)32)24-17-22(39-2)14-15-26(24)34-29/h3-18,34H,1-2H3,(H,35,36). The van der Waals surface area contributed by atoms with E-state index in [1.165, 1.54) is 13.3 Å². The molecule has 40 heavy (non-hydrogen) atoms. The van der Waals surface area contributed by atoms with E-state index in [-0.39, 0.29) is 11.4 Å². The Hall–Kier alpha value is -5.08. The van der Waals surface area contributed by atoms with Crippen molar-refractivity contribution in [1.82, 2.24) is 10.4 Å². The summed E-state index contributed by atoms with van der Waals surface area (Å²) >= 11 is 6.52. The van der Waals surface area contributed by atoms with Gasteiger partial charge in [-0.1, -0.05) is 48.0 Å². The number of halogens is 1. The molecule has 5 rings (SSSR count). The molecule has 1 amide bonds. The molecule has 200 valence electrons. The van der Waals surface area contributed by atoms with Gasteiger partial charge >= 0.3 is 5.97 Å². The van der Waals surface area contributed by atoms with Gasteiger partial charge in [-0.15, -0.1) is 0 Å². The lowest BCUT2D eigenvalue weighted by molar-refractivity contribution is 0.0733. The highest BCUT2D eigenvalue weighted by Crippen LogP contribution is 2.38. The van der Waals surface area contributed by atoms with E-state index >= 15 is 0 Å². The number of para-hydroxylation sites is 1. The molecule has 4 aromatic carbocycles. The molecule has 0 aliphatic heterocycles. The Labute approximate surface area is 235 Å². The summed E-state index contributed by atoms with van der Waals surface area (Å²) in [5, 5.41) is 5.40. The maximum atomic E-state index is 13.3. The highest BCUT2D eigenvalue weighted by atomic mass is 35.5. The van der Waals surface area contributed by atoms with Crippen molar-refractivity contribution in [3.8, 4) is 28.4 Å². The molecule has 8 nitrogen and oxygen atoms in total. The summed E-state index contributed by atoms with van der Waals surface area (Å²) in [4.78, 5) is 29.2. The summed E-state index contributed by atoms with van der Waals surface area (Å²) < 4.78 is 16.2. The highest BCUT2D eigenvalue weighted by molar-refractivity contribution is 6.34. The van der Waals surface area contributed by atoms with Gasteiger partial charge in [-0.05, 0) is 54.6 Å². The molecule has 0 spiro atoms. The van der Waals surface area contributed by atoms with Gasteiger partial charge in [0, 0.05) is 32.6 Å². The largest absolute Gasteiger partial charge is 0.497 e. The van der Waals surface area contributed by atoms with Crippen molar-refractivity contribution in [2.45, 2.75) is 0 Å². The second-order valence-electron chi connectivity index (χ2n) is 8.62. The molecule has 0 saturated heterocycles. The third-order valence-electron chi connectivity index (χ3n) is 6.17. The average molecular weight is 554 g/mol. The van der Waals surface area contributed by atoms with E-state index in [1.807, 2.05) is 30.3 Å². The predicted molar refractivity (Wildman–Crippen MR) is 155 cm³/mol. The highest BCUT2D eigenvalue weighted by Gasteiger charge is 2.21. The molecular weight excluding hydrogens is 530 g/mol. The number of H-pyrrole nitrogens is 1. The van der Waals surface area contributed by atoms with E-state index in [4.69, 9.17) is 25.8 Å². The zero-order valence-electron chi connectivity index (χ0n) is 21.6. The SMILES string of the molecule is COc1cccc(C(=O)Oc2ccccc2C=NNC(=O)c2[nH]c3ccc(OC)cc3c2-c2ccccc2Cl)c1. The zero-order chi connectivity index (χ0) is 28.1. The lowest BCUT2D eigenvalue weighted by Crippen LogP contribution is -2.19. The number of carbonyl (C=O) groups is 2. The van der Waals surface area contributed by atoms with E-state index in [1.54, 1.807) is 67.8 Å². The first kappa shape index (κ1) is 26.5. The van der Waals surface area contributed by atoms with E-state index < -0.39 is 11.9 Å². The van der Waals surface area contributed by atoms with Gasteiger partial charge in [-0.25, -0.2) is 10.2 Å². The number of esters is 1. The van der Waals surface area contributed by atoms with Crippen LogP contribution >= 0.6 is 11.6 Å². The number of rotatable bonds is 8. The van der Waals surface area contributed by atoms with Crippen LogP contribution in [0.1, 0.15) is 26.4 Å². The molecule has 0 saturated carbocycles. The number of methoxy groups -OCH3 is 2. The number of benzene rings is 4. The lowest BCUT2D eigenvalue weighted by Gasteiger charge is -2.08. The number of amides is 1. The normalized spacial score (nSPS) is 11.0. The molecule has 0 aliphatic rings. The van der Waals surface area contributed by atoms with Crippen LogP contribution in [-0.2, 0) is 0 Å². The Morgan fingerprint density at radius 2 is 1.62 bits per heavy atom. The van der Waals surface area contributed by atoms with Gasteiger partial charge in [-0.3, -0.25) is 4.79 Å². The van der Waals surface area contributed by atoms with Crippen LogP contribution in [0.25, 0.3) is 22.0 Å². The number of aromatic amines is 1. The Balaban J connectivity index is 1.41. The minimum atomic E-state index is -0.554. The van der Waals surface area contributed by atoms with Crippen LogP contribution in [0.2, 0.25) is 5.02 Å². The summed E-state index contributed by atoms with van der Waals surface area (Å²) in [5.74, 6) is 0.431. The third-order valence-corrected chi connectivity index (χ3v) is 6.50. The lowest BCUT2D eigenvalue weighted by atomic mass is 10.0. The summed E-state index contributed by atoms with van der Waals surface area (Å²) in [5.41, 5.74) is 5.72. The van der Waals surface area contributed by atoms with Gasteiger partial charge < -0.3 is 19.2 Å². The topological polar surface area (TPSA) is 102 Å². The van der Waals surface area contributed by atoms with Crippen LogP contribution in [0.3, 0.4) is 0 Å². The van der Waals surface area contributed by atoms with Crippen molar-refractivity contribution < 1.29 is 23.8 Å². The molecule has 0 bridgehead atoms. The van der Waals surface area contributed by atoms with Crippen LogP contribution in [0, 0.1) is 0 Å². The molecule has 0 aliphatic carbocycles. The summed E-state index contributed by atoms with van der Waals surface area (Å²) in [7, 11) is 3.10. The zero-order valence-corrected chi connectivity index (χ0v) is 22.4. The Kier molecular flexibility index (Phi) is 7.80. The fourth-order valence-corrected chi connectivity index (χ4v) is 4.45. The van der Waals surface area contributed by atoms with Crippen LogP contribution in [0.5, 0.6) is 17.2 Å². The molecule has 0 unspecified atom stereocenters. The van der Waals surface area contributed by atoms with E-state index in [0.29, 0.717) is 38.8 Å². The predicted octanol–water partition coefficient (Wildman–Crippen LogP) is 6.49. The third kappa shape index (κ3) is 5.52. The summed E-state index contributed by atoms with van der Waals surface area (Å²) in [6, 6.07) is 26.3. The quantitative estimate of drug-likeness (QED) is 0.0989. The smallest absolute Gasteiger partial charge is 0.343 e. The van der Waals surface area contributed by atoms with Crippen LogP contribution in [0.15, 0.2) is 96.1 Å². The van der Waals surface area contributed by atoms with Crippen molar-refractivity contribution in [2.75, 3.05) is 14.2 Å². The molecule has 0 radical (unpaired) electrons. The second-order valence-corrected chi connectivity index (χ2v) is 9.03. The Morgan fingerprint density at radius 3 is 2.42 bits per heavy atom. The van der Waals surface area contributed by atoms with Crippen molar-refractivity contribution in [2.24, 2.45) is 5.10 Å². The first-order valence-electron chi connectivity index (χ1n) is 12.2. The van der Waals surface area contributed by atoms with Crippen molar-refractivity contribution in [1.29, 1.82) is 0 Å². The molecule has 5 aromatic rings. The molecule has 9 heteroatoms. The number of fused-ring (bicyclic) bond motifs is 1. The molecule has 1 heterocycles. The van der Waals surface area contributed by atoms with Crippen molar-refractivity contribution in [3.05, 3.63) is 113 Å². The fraction of sp³-hybridized carbons (Fsp3) is 0.0645. The number of hydrazone groups is 1. The van der Waals surface area contributed by atoms with E-state index in [9.17, 15) is 9.59 Å². The number of nitrogens with one attached hydrogen (secondary N) is 2. The van der Waals surface area contributed by atoms with Gasteiger partial charge in [0.2, 0.25) is 0 Å². The maximum absolute atomic E-state index is 13.3. The van der Waals surface area contributed by atoms with Crippen molar-refractivity contribution >= 4 is 40.6 Å².